The Morgan fingerprint density at radius 2 is 2.11 bits per heavy atom. The fourth-order valence-electron chi connectivity index (χ4n) is 2.01. The summed E-state index contributed by atoms with van der Waals surface area (Å²) in [4.78, 5) is 1.16. The standard InChI is InChI=1S/C14H16FNOS/c1-9-6-10(15)4-5-12(9)14(16-2)13-7-11(17-3)8-18-13/h4-8,14,16H,1-3H3. The van der Waals surface area contributed by atoms with E-state index in [1.807, 2.05) is 31.5 Å². The van der Waals surface area contributed by atoms with Crippen LogP contribution >= 0.6 is 11.3 Å². The molecule has 0 saturated heterocycles. The van der Waals surface area contributed by atoms with Crippen molar-refractivity contribution in [2.24, 2.45) is 0 Å². The van der Waals surface area contributed by atoms with Crippen LogP contribution < -0.4 is 10.1 Å². The van der Waals surface area contributed by atoms with Gasteiger partial charge in [-0.05, 0) is 43.3 Å². The third-order valence-corrected chi connectivity index (χ3v) is 3.92. The Morgan fingerprint density at radius 1 is 1.33 bits per heavy atom. The van der Waals surface area contributed by atoms with E-state index in [2.05, 4.69) is 5.32 Å². The van der Waals surface area contributed by atoms with Crippen LogP contribution in [0.1, 0.15) is 22.0 Å². The van der Waals surface area contributed by atoms with Gasteiger partial charge in [0.25, 0.3) is 0 Å². The lowest BCUT2D eigenvalue weighted by atomic mass is 10.00. The molecular weight excluding hydrogens is 249 g/mol. The topological polar surface area (TPSA) is 21.3 Å². The maximum Gasteiger partial charge on any atom is 0.129 e. The van der Waals surface area contributed by atoms with E-state index < -0.39 is 0 Å². The SMILES string of the molecule is CNC(c1cc(OC)cs1)c1ccc(F)cc1C. The van der Waals surface area contributed by atoms with E-state index in [0.29, 0.717) is 0 Å². The first-order chi connectivity index (χ1) is 8.65. The molecule has 1 unspecified atom stereocenters. The molecule has 2 aromatic rings. The molecule has 2 rings (SSSR count). The average molecular weight is 265 g/mol. The molecule has 0 bridgehead atoms. The molecule has 1 aromatic heterocycles. The summed E-state index contributed by atoms with van der Waals surface area (Å²) >= 11 is 1.63. The van der Waals surface area contributed by atoms with Crippen molar-refractivity contribution in [1.82, 2.24) is 5.32 Å². The number of halogens is 1. The Morgan fingerprint density at radius 3 is 2.67 bits per heavy atom. The van der Waals surface area contributed by atoms with Gasteiger partial charge >= 0.3 is 0 Å². The van der Waals surface area contributed by atoms with E-state index in [-0.39, 0.29) is 11.9 Å². The molecule has 96 valence electrons. The molecule has 0 radical (unpaired) electrons. The fourth-order valence-corrected chi connectivity index (χ4v) is 2.99. The minimum atomic E-state index is -0.199. The zero-order chi connectivity index (χ0) is 13.1. The molecule has 0 aliphatic heterocycles. The number of nitrogens with one attached hydrogen (secondary N) is 1. The van der Waals surface area contributed by atoms with Crippen molar-refractivity contribution in [3.8, 4) is 5.75 Å². The van der Waals surface area contributed by atoms with Gasteiger partial charge in [-0.3, -0.25) is 0 Å². The molecular formula is C14H16FNOS. The summed E-state index contributed by atoms with van der Waals surface area (Å²) in [5.41, 5.74) is 2.03. The molecule has 0 saturated carbocycles. The van der Waals surface area contributed by atoms with Gasteiger partial charge in [0.1, 0.15) is 11.6 Å². The zero-order valence-electron chi connectivity index (χ0n) is 10.7. The van der Waals surface area contributed by atoms with E-state index in [0.717, 1.165) is 21.8 Å². The van der Waals surface area contributed by atoms with Crippen molar-refractivity contribution in [2.45, 2.75) is 13.0 Å². The summed E-state index contributed by atoms with van der Waals surface area (Å²) in [5, 5.41) is 5.24. The van der Waals surface area contributed by atoms with Crippen molar-refractivity contribution in [1.29, 1.82) is 0 Å². The predicted molar refractivity (Wildman–Crippen MR) is 72.9 cm³/mol. The second-order valence-corrected chi connectivity index (χ2v) is 5.05. The number of hydrogen-bond donors (Lipinski definition) is 1. The Balaban J connectivity index is 2.38. The van der Waals surface area contributed by atoms with Gasteiger partial charge in [-0.15, -0.1) is 11.3 Å². The Hall–Kier alpha value is -1.39. The van der Waals surface area contributed by atoms with Crippen molar-refractivity contribution in [3.05, 3.63) is 51.5 Å². The van der Waals surface area contributed by atoms with Gasteiger partial charge in [0, 0.05) is 10.3 Å². The second kappa shape index (κ2) is 5.50. The highest BCUT2D eigenvalue weighted by molar-refractivity contribution is 7.10. The van der Waals surface area contributed by atoms with Gasteiger partial charge in [-0.2, -0.15) is 0 Å². The lowest BCUT2D eigenvalue weighted by Gasteiger charge is -2.17. The summed E-state index contributed by atoms with van der Waals surface area (Å²) < 4.78 is 18.3. The first kappa shape index (κ1) is 13.1. The number of rotatable bonds is 4. The molecule has 1 atom stereocenters. The van der Waals surface area contributed by atoms with Crippen LogP contribution in [0.4, 0.5) is 4.39 Å². The Labute approximate surface area is 110 Å². The molecule has 0 fully saturated rings. The molecule has 18 heavy (non-hydrogen) atoms. The van der Waals surface area contributed by atoms with Crippen LogP contribution in [0.2, 0.25) is 0 Å². The monoisotopic (exact) mass is 265 g/mol. The van der Waals surface area contributed by atoms with Gasteiger partial charge in [0.2, 0.25) is 0 Å². The highest BCUT2D eigenvalue weighted by atomic mass is 32.1. The summed E-state index contributed by atoms with van der Waals surface area (Å²) in [6.45, 7) is 1.92. The second-order valence-electron chi connectivity index (χ2n) is 4.11. The largest absolute Gasteiger partial charge is 0.496 e. The van der Waals surface area contributed by atoms with E-state index >= 15 is 0 Å². The third kappa shape index (κ3) is 2.54. The molecule has 2 nitrogen and oxygen atoms in total. The van der Waals surface area contributed by atoms with Gasteiger partial charge < -0.3 is 10.1 Å². The Bertz CT molecular complexity index is 538. The van der Waals surface area contributed by atoms with Crippen LogP contribution in [0.5, 0.6) is 5.75 Å². The molecule has 1 heterocycles. The number of thiophene rings is 1. The maximum absolute atomic E-state index is 13.1. The van der Waals surface area contributed by atoms with Gasteiger partial charge in [0.15, 0.2) is 0 Å². The van der Waals surface area contributed by atoms with Crippen LogP contribution in [0.25, 0.3) is 0 Å². The molecule has 0 aliphatic rings. The lowest BCUT2D eigenvalue weighted by molar-refractivity contribution is 0.416. The van der Waals surface area contributed by atoms with Crippen LogP contribution in [-0.4, -0.2) is 14.2 Å². The smallest absolute Gasteiger partial charge is 0.129 e. The third-order valence-electron chi connectivity index (χ3n) is 2.95. The summed E-state index contributed by atoms with van der Waals surface area (Å²) in [6, 6.07) is 6.97. The van der Waals surface area contributed by atoms with Crippen LogP contribution in [0, 0.1) is 12.7 Å². The first-order valence-electron chi connectivity index (χ1n) is 5.71. The molecule has 1 aromatic carbocycles. The highest BCUT2D eigenvalue weighted by Crippen LogP contribution is 2.32. The van der Waals surface area contributed by atoms with E-state index in [1.54, 1.807) is 24.5 Å². The zero-order valence-corrected chi connectivity index (χ0v) is 11.5. The minimum Gasteiger partial charge on any atom is -0.496 e. The number of ether oxygens (including phenoxy) is 1. The van der Waals surface area contributed by atoms with Crippen LogP contribution in [-0.2, 0) is 0 Å². The molecule has 0 spiro atoms. The maximum atomic E-state index is 13.1. The van der Waals surface area contributed by atoms with Gasteiger partial charge in [-0.1, -0.05) is 6.07 Å². The molecule has 0 aliphatic carbocycles. The normalized spacial score (nSPS) is 12.4. The highest BCUT2D eigenvalue weighted by Gasteiger charge is 2.16. The van der Waals surface area contributed by atoms with Crippen molar-refractivity contribution in [3.63, 3.8) is 0 Å². The lowest BCUT2D eigenvalue weighted by Crippen LogP contribution is -2.17. The number of benzene rings is 1. The predicted octanol–water partition coefficient (Wildman–Crippen LogP) is 3.51. The van der Waals surface area contributed by atoms with Crippen molar-refractivity contribution < 1.29 is 9.13 Å². The number of hydrogen-bond acceptors (Lipinski definition) is 3. The molecule has 0 amide bonds. The van der Waals surface area contributed by atoms with E-state index in [4.69, 9.17) is 4.74 Å². The van der Waals surface area contributed by atoms with Crippen molar-refractivity contribution >= 4 is 11.3 Å². The summed E-state index contributed by atoms with van der Waals surface area (Å²) in [7, 11) is 3.56. The van der Waals surface area contributed by atoms with Gasteiger partial charge in [-0.25, -0.2) is 4.39 Å². The molecule has 1 N–H and O–H groups in total. The first-order valence-corrected chi connectivity index (χ1v) is 6.59. The Kier molecular flexibility index (Phi) is 3.99. The van der Waals surface area contributed by atoms with E-state index in [9.17, 15) is 4.39 Å². The van der Waals surface area contributed by atoms with Crippen LogP contribution in [0.3, 0.4) is 0 Å². The average Bonchev–Trinajstić information content (AvgIpc) is 2.81. The number of methoxy groups -OCH3 is 1. The summed E-state index contributed by atoms with van der Waals surface area (Å²) in [5.74, 6) is 0.657. The van der Waals surface area contributed by atoms with E-state index in [1.165, 1.54) is 6.07 Å². The van der Waals surface area contributed by atoms with Crippen LogP contribution in [0.15, 0.2) is 29.6 Å². The molecule has 4 heteroatoms. The minimum absolute atomic E-state index is 0.0690. The fraction of sp³-hybridized carbons (Fsp3) is 0.286. The summed E-state index contributed by atoms with van der Waals surface area (Å²) in [6.07, 6.45) is 0. The van der Waals surface area contributed by atoms with Crippen molar-refractivity contribution in [2.75, 3.05) is 14.2 Å². The van der Waals surface area contributed by atoms with Gasteiger partial charge in [0.05, 0.1) is 13.2 Å². The number of aryl methyl sites for hydroxylation is 1. The quantitative estimate of drug-likeness (QED) is 0.913.